The predicted molar refractivity (Wildman–Crippen MR) is 274 cm³/mol. The van der Waals surface area contributed by atoms with Gasteiger partial charge in [-0.15, -0.1) is 0 Å². The van der Waals surface area contributed by atoms with Crippen LogP contribution in [0, 0.1) is 0 Å². The van der Waals surface area contributed by atoms with Crippen LogP contribution in [-0.2, 0) is 84.0 Å². The predicted octanol–water partition coefficient (Wildman–Crippen LogP) is 8.85. The summed E-state index contributed by atoms with van der Waals surface area (Å²) in [5.74, 6) is -4.29. The molecule has 18 heteroatoms. The van der Waals surface area contributed by atoms with Gasteiger partial charge in [0, 0.05) is 12.8 Å². The average molecular weight is 1070 g/mol. The van der Waals surface area contributed by atoms with Gasteiger partial charge >= 0.3 is 65.4 Å². The van der Waals surface area contributed by atoms with Crippen molar-refractivity contribution < 1.29 is 105 Å². The van der Waals surface area contributed by atoms with Gasteiger partial charge in [-0.3, -0.25) is 33.3 Å². The second-order valence-corrected chi connectivity index (χ2v) is 19.9. The van der Waals surface area contributed by atoms with Crippen molar-refractivity contribution >= 4 is 43.6 Å². The monoisotopic (exact) mass is 1070 g/mol. The van der Waals surface area contributed by atoms with Crippen molar-refractivity contribution in [2.24, 2.45) is 0 Å². The summed E-state index contributed by atoms with van der Waals surface area (Å²) in [5, 5.41) is 0. The molecule has 0 aliphatic heterocycles. The van der Waals surface area contributed by atoms with Crippen LogP contribution in [0.5, 0.6) is 0 Å². The van der Waals surface area contributed by atoms with Gasteiger partial charge in [0.1, 0.15) is 26.4 Å². The van der Waals surface area contributed by atoms with Crippen LogP contribution in [0.15, 0.2) is 60.7 Å². The number of carbonyl (C=O) groups excluding carboxylic acids is 6. The first-order valence-corrected chi connectivity index (χ1v) is 28.5. The molecule has 0 fully saturated rings. The Labute approximate surface area is 463 Å². The zero-order valence-corrected chi connectivity index (χ0v) is 47.8. The van der Waals surface area contributed by atoms with Gasteiger partial charge < -0.3 is 42.4 Å². The number of benzene rings is 2. The first-order valence-electron chi connectivity index (χ1n) is 27.1. The van der Waals surface area contributed by atoms with E-state index in [4.69, 9.17) is 37.5 Å². The summed E-state index contributed by atoms with van der Waals surface area (Å²) in [7, 11) is -5.25. The minimum absolute atomic E-state index is 0. The molecule has 0 radical (unpaired) electrons. The maximum atomic E-state index is 13.1. The molecular weight excluding hydrogens is 983 g/mol. The van der Waals surface area contributed by atoms with Crippen LogP contribution >= 0.6 is 7.82 Å². The van der Waals surface area contributed by atoms with Crippen LogP contribution in [0.2, 0.25) is 0 Å². The second-order valence-electron chi connectivity index (χ2n) is 18.5. The van der Waals surface area contributed by atoms with E-state index < -0.39 is 95.1 Å². The standard InChI is InChI=1S/C56H87O16P.Na/c1-3-5-7-9-11-13-15-17-19-21-29-35-51(57)67-43-49(71-55(61)36-30-22-20-18-16-14-12-10-8-6-4-2)45-69-73(63,64)70-46-50(72-56(62)40-39-53(59)66-42-48-33-27-24-28-34-48)44-68-54(60)38-37-52(58)65-41-47-31-25-23-26-32-47;/h23-28,31-34,49-50H,3-22,29-30,35-46H2,1-2H3,(H,63,64);/q;+1/p-1/t49-,50?;/m1./s1. The minimum Gasteiger partial charge on any atom is -0.756 e. The Kier molecular flexibility index (Phi) is 42.1. The van der Waals surface area contributed by atoms with Gasteiger partial charge in [0.05, 0.1) is 38.9 Å². The average Bonchev–Trinajstić information content (AvgIpc) is 3.39. The maximum Gasteiger partial charge on any atom is 1.00 e. The number of ether oxygens (including phenoxy) is 6. The Morgan fingerprint density at radius 1 is 0.392 bits per heavy atom. The number of phosphoric acid groups is 1. The van der Waals surface area contributed by atoms with Crippen LogP contribution in [0.25, 0.3) is 0 Å². The van der Waals surface area contributed by atoms with E-state index in [1.54, 1.807) is 48.5 Å². The molecule has 2 aromatic rings. The number of unbranched alkanes of at least 4 members (excludes halogenated alkanes) is 20. The Morgan fingerprint density at radius 2 is 0.676 bits per heavy atom. The molecule has 2 aromatic carbocycles. The molecule has 2 rings (SSSR count). The number of carbonyl (C=O) groups is 6. The van der Waals surface area contributed by atoms with Crippen molar-refractivity contribution in [1.29, 1.82) is 0 Å². The van der Waals surface area contributed by atoms with Gasteiger partial charge in [0.15, 0.2) is 12.2 Å². The fraction of sp³-hybridized carbons (Fsp3) is 0.679. The van der Waals surface area contributed by atoms with Crippen molar-refractivity contribution in [2.45, 2.75) is 219 Å². The van der Waals surface area contributed by atoms with Crippen LogP contribution in [0.3, 0.4) is 0 Å². The third-order valence-corrected chi connectivity index (χ3v) is 12.7. The zero-order valence-electron chi connectivity index (χ0n) is 44.9. The topological polar surface area (TPSA) is 216 Å². The molecule has 0 aliphatic rings. The molecule has 16 nitrogen and oxygen atoms in total. The van der Waals surface area contributed by atoms with Gasteiger partial charge in [-0.1, -0.05) is 203 Å². The molecule has 0 heterocycles. The molecule has 0 N–H and O–H groups in total. The van der Waals surface area contributed by atoms with E-state index in [-0.39, 0.29) is 68.5 Å². The molecule has 0 saturated heterocycles. The molecule has 0 aromatic heterocycles. The number of hydrogen-bond donors (Lipinski definition) is 0. The summed E-state index contributed by atoms with van der Waals surface area (Å²) in [6.07, 6.45) is 20.2. The van der Waals surface area contributed by atoms with Crippen molar-refractivity contribution in [3.05, 3.63) is 71.8 Å². The molecule has 0 spiro atoms. The first kappa shape index (κ1) is 68.4. The van der Waals surface area contributed by atoms with Gasteiger partial charge in [-0.05, 0) is 24.0 Å². The van der Waals surface area contributed by atoms with Gasteiger partial charge in [0.25, 0.3) is 7.82 Å². The Balaban J connectivity index is 0.0000274. The number of phosphoric ester groups is 1. The Hall–Kier alpha value is -3.63. The summed E-state index contributed by atoms with van der Waals surface area (Å²) in [5.41, 5.74) is 1.50. The van der Waals surface area contributed by atoms with Crippen LogP contribution < -0.4 is 34.5 Å². The van der Waals surface area contributed by atoms with E-state index in [0.29, 0.717) is 12.8 Å². The Morgan fingerprint density at radius 3 is 1.04 bits per heavy atom. The molecule has 3 atom stereocenters. The summed E-state index contributed by atoms with van der Waals surface area (Å²) in [6.45, 7) is 1.64. The summed E-state index contributed by atoms with van der Waals surface area (Å²) < 4.78 is 55.2. The van der Waals surface area contributed by atoms with Crippen molar-refractivity contribution in [3.8, 4) is 0 Å². The molecule has 0 amide bonds. The summed E-state index contributed by atoms with van der Waals surface area (Å²) >= 11 is 0. The van der Waals surface area contributed by atoms with E-state index >= 15 is 0 Å². The fourth-order valence-electron chi connectivity index (χ4n) is 7.52. The van der Waals surface area contributed by atoms with Crippen molar-refractivity contribution in [1.82, 2.24) is 0 Å². The van der Waals surface area contributed by atoms with E-state index in [1.807, 2.05) is 12.1 Å². The smallest absolute Gasteiger partial charge is 0.756 e. The van der Waals surface area contributed by atoms with Gasteiger partial charge in [-0.2, -0.15) is 0 Å². The van der Waals surface area contributed by atoms with E-state index in [9.17, 15) is 38.2 Å². The van der Waals surface area contributed by atoms with E-state index in [2.05, 4.69) is 13.8 Å². The van der Waals surface area contributed by atoms with Crippen LogP contribution in [-0.4, -0.2) is 74.5 Å². The summed E-state index contributed by atoms with van der Waals surface area (Å²) in [6, 6.07) is 17.9. The maximum absolute atomic E-state index is 13.1. The minimum atomic E-state index is -5.25. The number of hydrogen-bond acceptors (Lipinski definition) is 16. The summed E-state index contributed by atoms with van der Waals surface area (Å²) in [4.78, 5) is 88.9. The fourth-order valence-corrected chi connectivity index (χ4v) is 8.29. The number of rotatable bonds is 46. The molecule has 0 bridgehead atoms. The molecule has 74 heavy (non-hydrogen) atoms. The third kappa shape index (κ3) is 39.7. The quantitative estimate of drug-likeness (QED) is 0.0199. The second kappa shape index (κ2) is 45.6. The number of esters is 6. The van der Waals surface area contributed by atoms with Crippen LogP contribution in [0.4, 0.5) is 0 Å². The first-order chi connectivity index (χ1) is 35.4. The largest absolute Gasteiger partial charge is 1.00 e. The normalized spacial score (nSPS) is 12.6. The molecule has 412 valence electrons. The van der Waals surface area contributed by atoms with Crippen molar-refractivity contribution in [2.75, 3.05) is 26.4 Å². The molecule has 2 unspecified atom stereocenters. The molecule has 0 aliphatic carbocycles. The zero-order chi connectivity index (χ0) is 53.0. The Bertz CT molecular complexity index is 1830. The van der Waals surface area contributed by atoms with Gasteiger partial charge in [-0.25, -0.2) is 0 Å². The molecular formula is C56H86NaO16P. The van der Waals surface area contributed by atoms with E-state index in [1.165, 1.54) is 83.5 Å². The van der Waals surface area contributed by atoms with Gasteiger partial charge in [0.2, 0.25) is 0 Å². The third-order valence-electron chi connectivity index (χ3n) is 11.8. The van der Waals surface area contributed by atoms with Crippen LogP contribution in [0.1, 0.15) is 205 Å². The molecule has 0 saturated carbocycles. The van der Waals surface area contributed by atoms with Crippen molar-refractivity contribution in [3.63, 3.8) is 0 Å². The van der Waals surface area contributed by atoms with E-state index in [0.717, 1.165) is 56.1 Å². The SMILES string of the molecule is CCCCCCCCCCCCCC(=O)OC[C@H](COP(=O)([O-])OCC(COC(=O)CCC(=O)OCc1ccccc1)OC(=O)CCC(=O)OCc1ccccc1)OC(=O)CCCCCCCCCCCCC.[Na+].